The number of hydrogen-bond acceptors (Lipinski definition) is 7. The molecule has 210 valence electrons. The molecule has 4 rings (SSSR count). The average Bonchev–Trinajstić information content (AvgIpc) is 2.89. The average molecular weight is 575 g/mol. The summed E-state index contributed by atoms with van der Waals surface area (Å²) in [5, 5.41) is 6.49. The number of rotatable bonds is 9. The SMILES string of the molecule is COn1c(=O)c(-c2cc(NC(=O)Cc3cccc(C(F)(F)F)c3)ccc2Cl)cc2cnc(NCCN(C)C)nc21. The maximum atomic E-state index is 13.4. The first kappa shape index (κ1) is 28.8. The number of carbonyl (C=O) groups is 1. The number of benzene rings is 2. The van der Waals surface area contributed by atoms with Gasteiger partial charge in [0, 0.05) is 40.9 Å². The highest BCUT2D eigenvalue weighted by molar-refractivity contribution is 6.33. The molecule has 2 heterocycles. The van der Waals surface area contributed by atoms with E-state index in [2.05, 4.69) is 20.6 Å². The number of aromatic nitrogens is 3. The van der Waals surface area contributed by atoms with Crippen LogP contribution in [0, 0.1) is 0 Å². The molecule has 0 bridgehead atoms. The van der Waals surface area contributed by atoms with Gasteiger partial charge >= 0.3 is 6.18 Å². The van der Waals surface area contributed by atoms with Gasteiger partial charge in [-0.3, -0.25) is 9.59 Å². The number of nitrogens with one attached hydrogen (secondary N) is 2. The van der Waals surface area contributed by atoms with Crippen LogP contribution in [0.1, 0.15) is 11.1 Å². The topological polar surface area (TPSA) is 101 Å². The van der Waals surface area contributed by atoms with Crippen molar-refractivity contribution in [2.24, 2.45) is 0 Å². The minimum atomic E-state index is -4.51. The molecule has 0 saturated heterocycles. The molecule has 0 aliphatic carbocycles. The molecular formula is C27H26ClF3N6O3. The third kappa shape index (κ3) is 6.69. The quantitative estimate of drug-likeness (QED) is 0.307. The first-order valence-corrected chi connectivity index (χ1v) is 12.5. The van der Waals surface area contributed by atoms with Crippen molar-refractivity contribution in [1.29, 1.82) is 0 Å². The van der Waals surface area contributed by atoms with Crippen molar-refractivity contribution in [3.05, 3.63) is 81.2 Å². The van der Waals surface area contributed by atoms with E-state index in [0.29, 0.717) is 29.1 Å². The van der Waals surface area contributed by atoms with Crippen LogP contribution in [0.5, 0.6) is 0 Å². The van der Waals surface area contributed by atoms with E-state index < -0.39 is 23.2 Å². The highest BCUT2D eigenvalue weighted by atomic mass is 35.5. The lowest BCUT2D eigenvalue weighted by atomic mass is 10.0. The van der Waals surface area contributed by atoms with E-state index in [1.54, 1.807) is 12.3 Å². The smallest absolute Gasteiger partial charge is 0.412 e. The molecule has 2 aromatic heterocycles. The van der Waals surface area contributed by atoms with Crippen LogP contribution in [0.25, 0.3) is 22.2 Å². The Balaban J connectivity index is 1.62. The summed E-state index contributed by atoms with van der Waals surface area (Å²) in [6.07, 6.45) is -3.24. The fourth-order valence-electron chi connectivity index (χ4n) is 3.97. The maximum Gasteiger partial charge on any atom is 0.416 e. The van der Waals surface area contributed by atoms with Gasteiger partial charge in [0.15, 0.2) is 5.65 Å². The minimum absolute atomic E-state index is 0.172. The monoisotopic (exact) mass is 574 g/mol. The van der Waals surface area contributed by atoms with Crippen molar-refractivity contribution in [3.8, 4) is 11.1 Å². The van der Waals surface area contributed by atoms with Gasteiger partial charge in [-0.05, 0) is 50.0 Å². The number of halogens is 4. The number of anilines is 2. The van der Waals surface area contributed by atoms with Crippen molar-refractivity contribution in [2.45, 2.75) is 12.6 Å². The van der Waals surface area contributed by atoms with Gasteiger partial charge < -0.3 is 20.4 Å². The van der Waals surface area contributed by atoms with Gasteiger partial charge in [-0.15, -0.1) is 4.73 Å². The highest BCUT2D eigenvalue weighted by Crippen LogP contribution is 2.31. The standard InChI is InChI=1S/C27H26ClF3N6O3/c1-36(2)10-9-32-26-33-15-17-13-21(25(39)37(40-3)24(17)35-26)20-14-19(7-8-22(20)28)34-23(38)12-16-5-4-6-18(11-16)27(29,30)31/h4-8,11,13-15H,9-10,12H2,1-3H3,(H,34,38)(H,32,33,35). The molecule has 0 aliphatic rings. The van der Waals surface area contributed by atoms with E-state index in [1.807, 2.05) is 19.0 Å². The Morgan fingerprint density at radius 3 is 2.60 bits per heavy atom. The molecule has 0 saturated carbocycles. The first-order valence-electron chi connectivity index (χ1n) is 12.1. The third-order valence-electron chi connectivity index (χ3n) is 5.89. The van der Waals surface area contributed by atoms with Gasteiger partial charge in [-0.25, -0.2) is 4.98 Å². The predicted molar refractivity (Wildman–Crippen MR) is 148 cm³/mol. The Kier molecular flexibility index (Phi) is 8.60. The van der Waals surface area contributed by atoms with Crippen LogP contribution < -0.4 is 21.0 Å². The third-order valence-corrected chi connectivity index (χ3v) is 6.22. The van der Waals surface area contributed by atoms with Crippen LogP contribution in [-0.2, 0) is 17.4 Å². The zero-order valence-corrected chi connectivity index (χ0v) is 22.6. The van der Waals surface area contributed by atoms with Gasteiger partial charge in [0.05, 0.1) is 17.5 Å². The lowest BCUT2D eigenvalue weighted by Gasteiger charge is -2.14. The zero-order valence-electron chi connectivity index (χ0n) is 21.8. The fraction of sp³-hybridized carbons (Fsp3) is 0.259. The van der Waals surface area contributed by atoms with Crippen LogP contribution >= 0.6 is 11.6 Å². The molecule has 0 atom stereocenters. The second-order valence-electron chi connectivity index (χ2n) is 9.16. The summed E-state index contributed by atoms with van der Waals surface area (Å²) < 4.78 is 40.1. The van der Waals surface area contributed by atoms with Crippen molar-refractivity contribution >= 4 is 40.2 Å². The van der Waals surface area contributed by atoms with Crippen LogP contribution in [-0.4, -0.2) is 59.8 Å². The molecule has 0 radical (unpaired) electrons. The molecule has 0 spiro atoms. The lowest BCUT2D eigenvalue weighted by Crippen LogP contribution is -2.28. The number of likely N-dealkylation sites (N-methyl/N-ethyl adjacent to an activating group) is 1. The largest absolute Gasteiger partial charge is 0.416 e. The molecule has 13 heteroatoms. The summed E-state index contributed by atoms with van der Waals surface area (Å²) in [6, 6.07) is 10.7. The van der Waals surface area contributed by atoms with Crippen molar-refractivity contribution in [3.63, 3.8) is 0 Å². The van der Waals surface area contributed by atoms with Crippen LogP contribution in [0.4, 0.5) is 24.8 Å². The molecule has 40 heavy (non-hydrogen) atoms. The van der Waals surface area contributed by atoms with Crippen LogP contribution in [0.3, 0.4) is 0 Å². The Bertz CT molecular complexity index is 1610. The molecule has 9 nitrogen and oxygen atoms in total. The van der Waals surface area contributed by atoms with Crippen LogP contribution in [0.15, 0.2) is 59.5 Å². The normalized spacial score (nSPS) is 11.6. The van der Waals surface area contributed by atoms with Gasteiger partial charge in [0.1, 0.15) is 7.11 Å². The number of fused-ring (bicyclic) bond motifs is 1. The minimum Gasteiger partial charge on any atom is -0.412 e. The Hall–Kier alpha value is -4.16. The summed E-state index contributed by atoms with van der Waals surface area (Å²) in [5.74, 6) is -0.209. The molecule has 2 N–H and O–H groups in total. The van der Waals surface area contributed by atoms with Crippen molar-refractivity contribution < 1.29 is 22.8 Å². The maximum absolute atomic E-state index is 13.4. The number of alkyl halides is 3. The predicted octanol–water partition coefficient (Wildman–Crippen LogP) is 4.34. The molecular weight excluding hydrogens is 549 g/mol. The number of amides is 1. The second kappa shape index (κ2) is 11.9. The molecule has 0 aliphatic heterocycles. The molecule has 4 aromatic rings. The Labute approximate surface area is 232 Å². The number of hydrogen-bond donors (Lipinski definition) is 2. The van der Waals surface area contributed by atoms with E-state index in [9.17, 15) is 22.8 Å². The molecule has 0 fully saturated rings. The van der Waals surface area contributed by atoms with Crippen molar-refractivity contribution in [2.75, 3.05) is 44.9 Å². The lowest BCUT2D eigenvalue weighted by molar-refractivity contribution is -0.137. The Morgan fingerprint density at radius 1 is 1.12 bits per heavy atom. The number of pyridine rings is 1. The zero-order chi connectivity index (χ0) is 29.0. The van der Waals surface area contributed by atoms with Gasteiger partial charge in [0.25, 0.3) is 5.56 Å². The number of carbonyl (C=O) groups excluding carboxylic acids is 1. The highest BCUT2D eigenvalue weighted by Gasteiger charge is 2.30. The van der Waals surface area contributed by atoms with Gasteiger partial charge in [0.2, 0.25) is 11.9 Å². The molecule has 2 aromatic carbocycles. The summed E-state index contributed by atoms with van der Waals surface area (Å²) >= 11 is 6.43. The molecule has 0 unspecified atom stereocenters. The van der Waals surface area contributed by atoms with E-state index in [1.165, 1.54) is 37.4 Å². The summed E-state index contributed by atoms with van der Waals surface area (Å²) in [7, 11) is 5.21. The fourth-order valence-corrected chi connectivity index (χ4v) is 4.19. The summed E-state index contributed by atoms with van der Waals surface area (Å²) in [6.45, 7) is 1.35. The number of nitrogens with zero attached hydrogens (tertiary/aromatic N) is 4. The van der Waals surface area contributed by atoms with Crippen LogP contribution in [0.2, 0.25) is 5.02 Å². The first-order chi connectivity index (χ1) is 19.0. The van der Waals surface area contributed by atoms with E-state index in [4.69, 9.17) is 16.4 Å². The van der Waals surface area contributed by atoms with E-state index >= 15 is 0 Å². The summed E-state index contributed by atoms with van der Waals surface area (Å²) in [5.41, 5.74) is -0.138. The second-order valence-corrected chi connectivity index (χ2v) is 9.57. The van der Waals surface area contributed by atoms with E-state index in [0.717, 1.165) is 23.4 Å². The summed E-state index contributed by atoms with van der Waals surface area (Å²) in [4.78, 5) is 42.1. The van der Waals surface area contributed by atoms with E-state index in [-0.39, 0.29) is 28.2 Å². The van der Waals surface area contributed by atoms with Gasteiger partial charge in [-0.1, -0.05) is 29.8 Å². The molecule has 1 amide bonds. The van der Waals surface area contributed by atoms with Crippen molar-refractivity contribution in [1.82, 2.24) is 19.6 Å². The Morgan fingerprint density at radius 2 is 1.90 bits per heavy atom. The van der Waals surface area contributed by atoms with Gasteiger partial charge in [-0.2, -0.15) is 18.2 Å².